The molecule has 4 N–H and O–H groups in total. The van der Waals surface area contributed by atoms with Gasteiger partial charge in [-0.2, -0.15) is 0 Å². The molecule has 0 fully saturated rings. The number of nitrogens with one attached hydrogen (secondary N) is 2. The van der Waals surface area contributed by atoms with Crippen molar-refractivity contribution in [2.75, 3.05) is 32.4 Å². The zero-order valence-corrected chi connectivity index (χ0v) is 8.15. The van der Waals surface area contributed by atoms with E-state index in [-0.39, 0.29) is 0 Å². The van der Waals surface area contributed by atoms with Gasteiger partial charge in [-0.1, -0.05) is 0 Å². The Balaban J connectivity index is 3.12. The monoisotopic (exact) mass is 195 g/mol. The zero-order chi connectivity index (χ0) is 9.45. The molecule has 0 saturated heterocycles. The minimum atomic E-state index is -3.03. The number of hydrogen-bond donors (Lipinski definition) is 3. The summed E-state index contributed by atoms with van der Waals surface area (Å²) in [6.07, 6.45) is 2.06. The highest BCUT2D eigenvalue weighted by atomic mass is 32.2. The molecule has 0 heterocycles. The quantitative estimate of drug-likeness (QED) is 0.430. The summed E-state index contributed by atoms with van der Waals surface area (Å²) >= 11 is 0. The molecule has 0 bridgehead atoms. The highest BCUT2D eigenvalue weighted by Gasteiger charge is 1.97. The lowest BCUT2D eigenvalue weighted by Crippen LogP contribution is -2.31. The molecular formula is C6H17N3O2S. The van der Waals surface area contributed by atoms with E-state index < -0.39 is 10.0 Å². The number of rotatable bonds is 7. The van der Waals surface area contributed by atoms with Crippen LogP contribution in [0.2, 0.25) is 0 Å². The third kappa shape index (κ3) is 9.83. The van der Waals surface area contributed by atoms with Crippen LogP contribution in [-0.4, -0.2) is 40.9 Å². The Bertz CT molecular complexity index is 191. The highest BCUT2D eigenvalue weighted by molar-refractivity contribution is 7.88. The van der Waals surface area contributed by atoms with Crippen LogP contribution in [0.15, 0.2) is 0 Å². The van der Waals surface area contributed by atoms with Gasteiger partial charge in [0.1, 0.15) is 0 Å². The van der Waals surface area contributed by atoms with E-state index in [0.717, 1.165) is 19.2 Å². The van der Waals surface area contributed by atoms with Gasteiger partial charge in [-0.25, -0.2) is 13.1 Å². The fraction of sp³-hybridized carbons (Fsp3) is 1.00. The second-order valence-corrected chi connectivity index (χ2v) is 4.39. The van der Waals surface area contributed by atoms with E-state index in [4.69, 9.17) is 5.73 Å². The third-order valence-electron chi connectivity index (χ3n) is 1.22. The fourth-order valence-electron chi connectivity index (χ4n) is 0.677. The van der Waals surface area contributed by atoms with Gasteiger partial charge in [0, 0.05) is 13.1 Å². The number of nitrogens with two attached hydrogens (primary N) is 1. The summed E-state index contributed by atoms with van der Waals surface area (Å²) in [4.78, 5) is 0. The second-order valence-electron chi connectivity index (χ2n) is 2.56. The summed E-state index contributed by atoms with van der Waals surface area (Å²) in [7, 11) is -3.03. The van der Waals surface area contributed by atoms with Gasteiger partial charge in [-0.15, -0.1) is 0 Å². The first-order chi connectivity index (χ1) is 5.56. The topological polar surface area (TPSA) is 84.2 Å². The summed E-state index contributed by atoms with van der Waals surface area (Å²) in [5.74, 6) is 0. The molecule has 0 rings (SSSR count). The maximum Gasteiger partial charge on any atom is 0.208 e. The summed E-state index contributed by atoms with van der Waals surface area (Å²) in [5, 5.41) is 3.05. The van der Waals surface area contributed by atoms with Crippen molar-refractivity contribution < 1.29 is 8.42 Å². The van der Waals surface area contributed by atoms with E-state index in [1.165, 1.54) is 0 Å². The molecule has 0 aromatic rings. The molecule has 0 aliphatic rings. The van der Waals surface area contributed by atoms with Crippen molar-refractivity contribution >= 4 is 10.0 Å². The average Bonchev–Trinajstić information content (AvgIpc) is 1.94. The summed E-state index contributed by atoms with van der Waals surface area (Å²) in [6, 6.07) is 0. The second kappa shape index (κ2) is 6.36. The molecule has 0 saturated carbocycles. The first-order valence-corrected chi connectivity index (χ1v) is 5.81. The van der Waals surface area contributed by atoms with Crippen molar-refractivity contribution in [3.05, 3.63) is 0 Å². The van der Waals surface area contributed by atoms with E-state index in [2.05, 4.69) is 10.0 Å². The third-order valence-corrected chi connectivity index (χ3v) is 1.95. The van der Waals surface area contributed by atoms with Gasteiger partial charge in [-0.05, 0) is 19.5 Å². The van der Waals surface area contributed by atoms with Crippen LogP contribution in [0.4, 0.5) is 0 Å². The van der Waals surface area contributed by atoms with Crippen molar-refractivity contribution in [2.24, 2.45) is 5.73 Å². The molecule has 12 heavy (non-hydrogen) atoms. The molecule has 0 aromatic heterocycles. The normalized spacial score (nSPS) is 11.8. The van der Waals surface area contributed by atoms with E-state index in [1.54, 1.807) is 0 Å². The van der Waals surface area contributed by atoms with Crippen LogP contribution < -0.4 is 15.8 Å². The van der Waals surface area contributed by atoms with Gasteiger partial charge < -0.3 is 11.1 Å². The number of sulfonamides is 1. The van der Waals surface area contributed by atoms with Gasteiger partial charge in [0.25, 0.3) is 0 Å². The Labute approximate surface area is 73.8 Å². The molecule has 6 heteroatoms. The van der Waals surface area contributed by atoms with Crippen LogP contribution in [0.25, 0.3) is 0 Å². The van der Waals surface area contributed by atoms with E-state index in [9.17, 15) is 8.42 Å². The maximum absolute atomic E-state index is 10.6. The van der Waals surface area contributed by atoms with Crippen LogP contribution in [0.1, 0.15) is 6.42 Å². The van der Waals surface area contributed by atoms with Crippen LogP contribution in [0, 0.1) is 0 Å². The standard InChI is InChI=1S/C6H17N3O2S/c1-12(10,11)9-6-5-8-4-2-3-7/h8-9H,2-7H2,1H3. The predicted octanol–water partition coefficient (Wildman–Crippen LogP) is -1.53. The van der Waals surface area contributed by atoms with Crippen LogP contribution in [0.5, 0.6) is 0 Å². The lowest BCUT2D eigenvalue weighted by Gasteiger charge is -2.03. The minimum Gasteiger partial charge on any atom is -0.330 e. The Kier molecular flexibility index (Phi) is 6.27. The SMILES string of the molecule is CS(=O)(=O)NCCNCCCN. The molecule has 0 atom stereocenters. The smallest absolute Gasteiger partial charge is 0.208 e. The van der Waals surface area contributed by atoms with Crippen molar-refractivity contribution in [3.8, 4) is 0 Å². The van der Waals surface area contributed by atoms with Gasteiger partial charge in [0.2, 0.25) is 10.0 Å². The van der Waals surface area contributed by atoms with Crippen LogP contribution >= 0.6 is 0 Å². The highest BCUT2D eigenvalue weighted by Crippen LogP contribution is 1.72. The predicted molar refractivity (Wildman–Crippen MR) is 49.4 cm³/mol. The molecule has 5 nitrogen and oxygen atoms in total. The largest absolute Gasteiger partial charge is 0.330 e. The lowest BCUT2D eigenvalue weighted by atomic mass is 10.4. The molecule has 0 spiro atoms. The molecule has 74 valence electrons. The maximum atomic E-state index is 10.6. The van der Waals surface area contributed by atoms with Gasteiger partial charge in [0.15, 0.2) is 0 Å². The van der Waals surface area contributed by atoms with Crippen LogP contribution in [-0.2, 0) is 10.0 Å². The Morgan fingerprint density at radius 2 is 1.92 bits per heavy atom. The van der Waals surface area contributed by atoms with E-state index in [1.807, 2.05) is 0 Å². The molecule has 0 aliphatic carbocycles. The zero-order valence-electron chi connectivity index (χ0n) is 7.34. The van der Waals surface area contributed by atoms with E-state index >= 15 is 0 Å². The Morgan fingerprint density at radius 1 is 1.25 bits per heavy atom. The van der Waals surface area contributed by atoms with Crippen molar-refractivity contribution in [1.82, 2.24) is 10.0 Å². The van der Waals surface area contributed by atoms with Crippen molar-refractivity contribution in [1.29, 1.82) is 0 Å². The molecule has 0 aromatic carbocycles. The summed E-state index contributed by atoms with van der Waals surface area (Å²) < 4.78 is 23.5. The minimum absolute atomic E-state index is 0.434. The summed E-state index contributed by atoms with van der Waals surface area (Å²) in [6.45, 7) is 2.57. The van der Waals surface area contributed by atoms with E-state index in [0.29, 0.717) is 19.6 Å². The average molecular weight is 195 g/mol. The molecular weight excluding hydrogens is 178 g/mol. The lowest BCUT2D eigenvalue weighted by molar-refractivity contribution is 0.580. The van der Waals surface area contributed by atoms with Gasteiger partial charge in [-0.3, -0.25) is 0 Å². The Hall–Kier alpha value is -0.170. The molecule has 0 radical (unpaired) electrons. The van der Waals surface area contributed by atoms with Crippen molar-refractivity contribution in [3.63, 3.8) is 0 Å². The fourth-order valence-corrected chi connectivity index (χ4v) is 1.15. The van der Waals surface area contributed by atoms with Gasteiger partial charge in [0.05, 0.1) is 6.26 Å². The molecule has 0 aliphatic heterocycles. The first kappa shape index (κ1) is 11.8. The van der Waals surface area contributed by atoms with Crippen molar-refractivity contribution in [2.45, 2.75) is 6.42 Å². The summed E-state index contributed by atoms with van der Waals surface area (Å²) in [5.41, 5.74) is 5.26. The molecule has 0 unspecified atom stereocenters. The van der Waals surface area contributed by atoms with Gasteiger partial charge >= 0.3 is 0 Å². The Morgan fingerprint density at radius 3 is 2.42 bits per heavy atom. The van der Waals surface area contributed by atoms with Crippen LogP contribution in [0.3, 0.4) is 0 Å². The first-order valence-electron chi connectivity index (χ1n) is 3.91. The number of hydrogen-bond acceptors (Lipinski definition) is 4. The molecule has 0 amide bonds.